The van der Waals surface area contributed by atoms with E-state index in [1.54, 1.807) is 6.07 Å². The molecule has 0 aromatic heterocycles. The summed E-state index contributed by atoms with van der Waals surface area (Å²) in [5.41, 5.74) is 0.390. The Morgan fingerprint density at radius 1 is 1.39 bits per heavy atom. The molecule has 0 spiro atoms. The van der Waals surface area contributed by atoms with E-state index in [1.807, 2.05) is 0 Å². The van der Waals surface area contributed by atoms with Gasteiger partial charge in [-0.2, -0.15) is 0 Å². The summed E-state index contributed by atoms with van der Waals surface area (Å²) in [4.78, 5) is 26.1. The minimum Gasteiger partial charge on any atom is -0.354 e. The molecule has 0 radical (unpaired) electrons. The molecule has 1 aromatic rings. The number of hydrogen-bond donors (Lipinski definition) is 2. The zero-order valence-electron chi connectivity index (χ0n) is 13.6. The van der Waals surface area contributed by atoms with Crippen molar-refractivity contribution >= 4 is 17.6 Å². The van der Waals surface area contributed by atoms with Gasteiger partial charge < -0.3 is 15.5 Å². The molecule has 1 aliphatic rings. The summed E-state index contributed by atoms with van der Waals surface area (Å²) in [6.45, 7) is 5.34. The second kappa shape index (κ2) is 7.94. The number of rotatable bonds is 5. The van der Waals surface area contributed by atoms with Crippen LogP contribution < -0.4 is 10.6 Å². The van der Waals surface area contributed by atoms with Crippen molar-refractivity contribution in [3.63, 3.8) is 0 Å². The quantitative estimate of drug-likeness (QED) is 0.876. The summed E-state index contributed by atoms with van der Waals surface area (Å²) in [7, 11) is 0. The predicted molar refractivity (Wildman–Crippen MR) is 87.6 cm³/mol. The molecule has 1 atom stereocenters. The van der Waals surface area contributed by atoms with Crippen LogP contribution in [0.4, 0.5) is 14.9 Å². The van der Waals surface area contributed by atoms with Gasteiger partial charge in [0.05, 0.1) is 0 Å². The number of urea groups is 1. The number of carbonyl (C=O) groups excluding carboxylic acids is 2. The van der Waals surface area contributed by atoms with Gasteiger partial charge in [-0.1, -0.05) is 19.9 Å². The maximum atomic E-state index is 13.2. The molecule has 126 valence electrons. The number of nitrogens with zero attached hydrogens (tertiary/aromatic N) is 1. The molecule has 3 amide bonds. The van der Waals surface area contributed by atoms with Gasteiger partial charge in [0.2, 0.25) is 5.91 Å². The number of benzene rings is 1. The lowest BCUT2D eigenvalue weighted by molar-refractivity contribution is -0.124. The fourth-order valence-electron chi connectivity index (χ4n) is 2.65. The van der Waals surface area contributed by atoms with Crippen LogP contribution in [0.25, 0.3) is 0 Å². The maximum absolute atomic E-state index is 13.2. The molecule has 0 bridgehead atoms. The first-order valence-electron chi connectivity index (χ1n) is 8.08. The van der Waals surface area contributed by atoms with E-state index in [0.717, 1.165) is 12.8 Å². The molecule has 1 saturated heterocycles. The minimum atomic E-state index is -0.448. The number of hydrogen-bond acceptors (Lipinski definition) is 2. The average Bonchev–Trinajstić information content (AvgIpc) is 2.96. The van der Waals surface area contributed by atoms with Crippen LogP contribution in [0.5, 0.6) is 0 Å². The van der Waals surface area contributed by atoms with Crippen LogP contribution in [0.15, 0.2) is 24.3 Å². The van der Waals surface area contributed by atoms with Crippen LogP contribution in [0.1, 0.15) is 33.1 Å². The third-order valence-corrected chi connectivity index (χ3v) is 3.91. The molecular formula is C17H24FN3O2. The first-order valence-corrected chi connectivity index (χ1v) is 8.08. The topological polar surface area (TPSA) is 61.4 Å². The highest BCUT2D eigenvalue weighted by molar-refractivity contribution is 5.94. The van der Waals surface area contributed by atoms with Crippen molar-refractivity contribution < 1.29 is 14.0 Å². The summed E-state index contributed by atoms with van der Waals surface area (Å²) in [5.74, 6) is -0.00370. The highest BCUT2D eigenvalue weighted by Crippen LogP contribution is 2.19. The first kappa shape index (κ1) is 17.2. The Morgan fingerprint density at radius 2 is 2.17 bits per heavy atom. The molecule has 1 heterocycles. The summed E-state index contributed by atoms with van der Waals surface area (Å²) in [6.07, 6.45) is 2.36. The second-order valence-electron chi connectivity index (χ2n) is 6.27. The number of nitrogens with one attached hydrogen (secondary N) is 2. The van der Waals surface area contributed by atoms with E-state index in [1.165, 1.54) is 23.1 Å². The molecule has 1 aromatic carbocycles. The molecule has 0 unspecified atom stereocenters. The Balaban J connectivity index is 1.92. The fraction of sp³-hybridized carbons (Fsp3) is 0.529. The van der Waals surface area contributed by atoms with Crippen LogP contribution in [0.3, 0.4) is 0 Å². The van der Waals surface area contributed by atoms with E-state index in [0.29, 0.717) is 31.1 Å². The van der Waals surface area contributed by atoms with Crippen molar-refractivity contribution in [3.05, 3.63) is 30.1 Å². The van der Waals surface area contributed by atoms with E-state index >= 15 is 0 Å². The van der Waals surface area contributed by atoms with E-state index in [2.05, 4.69) is 24.5 Å². The van der Waals surface area contributed by atoms with E-state index in [4.69, 9.17) is 0 Å². The highest BCUT2D eigenvalue weighted by Gasteiger charge is 2.33. The first-order chi connectivity index (χ1) is 11.0. The van der Waals surface area contributed by atoms with Crippen molar-refractivity contribution in [2.24, 2.45) is 5.92 Å². The van der Waals surface area contributed by atoms with Gasteiger partial charge in [0.1, 0.15) is 11.9 Å². The second-order valence-corrected chi connectivity index (χ2v) is 6.27. The summed E-state index contributed by atoms with van der Waals surface area (Å²) in [5, 5.41) is 5.54. The number of halogens is 1. The largest absolute Gasteiger partial charge is 0.354 e. The number of likely N-dealkylation sites (tertiary alicyclic amines) is 1. The third kappa shape index (κ3) is 4.94. The van der Waals surface area contributed by atoms with Crippen molar-refractivity contribution in [1.29, 1.82) is 0 Å². The molecule has 1 aliphatic heterocycles. The lowest BCUT2D eigenvalue weighted by Crippen LogP contribution is -2.47. The number of carbonyl (C=O) groups is 2. The van der Waals surface area contributed by atoms with E-state index < -0.39 is 11.9 Å². The molecular weight excluding hydrogens is 297 g/mol. The lowest BCUT2D eigenvalue weighted by atomic mass is 10.1. The normalized spacial score (nSPS) is 17.4. The third-order valence-electron chi connectivity index (χ3n) is 3.91. The number of anilines is 1. The molecule has 5 nitrogen and oxygen atoms in total. The van der Waals surface area contributed by atoms with Gasteiger partial charge in [0.25, 0.3) is 0 Å². The van der Waals surface area contributed by atoms with Crippen molar-refractivity contribution in [2.45, 2.75) is 39.2 Å². The molecule has 23 heavy (non-hydrogen) atoms. The Kier molecular flexibility index (Phi) is 5.96. The van der Waals surface area contributed by atoms with E-state index in [-0.39, 0.29) is 11.9 Å². The Hall–Kier alpha value is -2.11. The van der Waals surface area contributed by atoms with Gasteiger partial charge in [-0.05, 0) is 43.4 Å². The van der Waals surface area contributed by atoms with Gasteiger partial charge in [-0.25, -0.2) is 9.18 Å². The SMILES string of the molecule is CC(C)CCNC(=O)[C@H]1CCCN1C(=O)Nc1cccc(F)c1. The van der Waals surface area contributed by atoms with Gasteiger partial charge in [0, 0.05) is 18.8 Å². The zero-order valence-corrected chi connectivity index (χ0v) is 13.6. The minimum absolute atomic E-state index is 0.113. The van der Waals surface area contributed by atoms with Gasteiger partial charge in [-0.3, -0.25) is 4.79 Å². The Morgan fingerprint density at radius 3 is 2.87 bits per heavy atom. The molecule has 0 aliphatic carbocycles. The Labute approximate surface area is 136 Å². The van der Waals surface area contributed by atoms with Crippen LogP contribution in [0, 0.1) is 11.7 Å². The van der Waals surface area contributed by atoms with Gasteiger partial charge in [-0.15, -0.1) is 0 Å². The smallest absolute Gasteiger partial charge is 0.322 e. The van der Waals surface area contributed by atoms with Crippen molar-refractivity contribution in [3.8, 4) is 0 Å². The Bertz CT molecular complexity index is 563. The average molecular weight is 321 g/mol. The number of amides is 3. The highest BCUT2D eigenvalue weighted by atomic mass is 19.1. The monoisotopic (exact) mass is 321 g/mol. The maximum Gasteiger partial charge on any atom is 0.322 e. The molecule has 2 N–H and O–H groups in total. The summed E-state index contributed by atoms with van der Waals surface area (Å²) >= 11 is 0. The summed E-state index contributed by atoms with van der Waals surface area (Å²) < 4.78 is 13.2. The van der Waals surface area contributed by atoms with Crippen LogP contribution in [-0.4, -0.2) is 36.0 Å². The van der Waals surface area contributed by atoms with Gasteiger partial charge in [0.15, 0.2) is 0 Å². The standard InChI is InChI=1S/C17H24FN3O2/c1-12(2)8-9-19-16(22)15-7-4-10-21(15)17(23)20-14-6-3-5-13(18)11-14/h3,5-6,11-12,15H,4,7-10H2,1-2H3,(H,19,22)(H,20,23)/t15-/m1/s1. The predicted octanol–water partition coefficient (Wildman–Crippen LogP) is 2.98. The van der Waals surface area contributed by atoms with E-state index in [9.17, 15) is 14.0 Å². The molecule has 2 rings (SSSR count). The van der Waals surface area contributed by atoms with Crippen LogP contribution in [-0.2, 0) is 4.79 Å². The summed E-state index contributed by atoms with van der Waals surface area (Å²) in [6, 6.07) is 4.91. The molecule has 0 saturated carbocycles. The van der Waals surface area contributed by atoms with Crippen LogP contribution in [0.2, 0.25) is 0 Å². The molecule has 1 fully saturated rings. The van der Waals surface area contributed by atoms with Crippen LogP contribution >= 0.6 is 0 Å². The lowest BCUT2D eigenvalue weighted by Gasteiger charge is -2.24. The van der Waals surface area contributed by atoms with Gasteiger partial charge >= 0.3 is 6.03 Å². The molecule has 6 heteroatoms. The van der Waals surface area contributed by atoms with Crippen molar-refractivity contribution in [2.75, 3.05) is 18.4 Å². The van der Waals surface area contributed by atoms with Crippen molar-refractivity contribution in [1.82, 2.24) is 10.2 Å². The fourth-order valence-corrected chi connectivity index (χ4v) is 2.65. The zero-order chi connectivity index (χ0) is 16.8.